The van der Waals surface area contributed by atoms with Crippen molar-refractivity contribution < 1.29 is 9.90 Å². The van der Waals surface area contributed by atoms with E-state index in [0.29, 0.717) is 5.69 Å². The summed E-state index contributed by atoms with van der Waals surface area (Å²) < 4.78 is 0. The van der Waals surface area contributed by atoms with Crippen LogP contribution in [0.5, 0.6) is 0 Å². The first-order chi connectivity index (χ1) is 8.25. The fraction of sp³-hybridized carbons (Fsp3) is 0. The molecule has 0 atom stereocenters. The number of benzene rings is 1. The molecule has 5 heteroatoms. The first kappa shape index (κ1) is 9.65. The molecule has 17 heavy (non-hydrogen) atoms. The topological polar surface area (TPSA) is 81.8 Å². The van der Waals surface area contributed by atoms with E-state index in [-0.39, 0.29) is 5.69 Å². The summed E-state index contributed by atoms with van der Waals surface area (Å²) in [4.78, 5) is 13.9. The minimum atomic E-state index is -1.01. The Morgan fingerprint density at radius 1 is 1.29 bits per heavy atom. The van der Waals surface area contributed by atoms with E-state index in [1.165, 1.54) is 6.07 Å². The first-order valence-corrected chi connectivity index (χ1v) is 5.11. The van der Waals surface area contributed by atoms with Gasteiger partial charge in [0.2, 0.25) is 0 Å². The SMILES string of the molecule is O=C(O)c1cc(-c2c[nH]c3ccccc23)n[nH]1. The molecule has 0 spiro atoms. The highest BCUT2D eigenvalue weighted by molar-refractivity contribution is 5.96. The number of H-pyrrole nitrogens is 2. The van der Waals surface area contributed by atoms with E-state index in [1.807, 2.05) is 30.5 Å². The molecule has 0 aliphatic heterocycles. The molecule has 3 rings (SSSR count). The molecule has 3 aromatic rings. The van der Waals surface area contributed by atoms with Gasteiger partial charge in [-0.15, -0.1) is 0 Å². The Kier molecular flexibility index (Phi) is 1.98. The lowest BCUT2D eigenvalue weighted by molar-refractivity contribution is 0.0690. The van der Waals surface area contributed by atoms with Crippen molar-refractivity contribution >= 4 is 16.9 Å². The number of nitrogens with zero attached hydrogens (tertiary/aromatic N) is 1. The predicted octanol–water partition coefficient (Wildman–Crippen LogP) is 2.26. The molecule has 0 aliphatic rings. The van der Waals surface area contributed by atoms with Gasteiger partial charge in [0.25, 0.3) is 0 Å². The van der Waals surface area contributed by atoms with Crippen molar-refractivity contribution in [2.45, 2.75) is 0 Å². The summed E-state index contributed by atoms with van der Waals surface area (Å²) >= 11 is 0. The molecule has 0 amide bonds. The molecule has 0 unspecified atom stereocenters. The summed E-state index contributed by atoms with van der Waals surface area (Å²) in [7, 11) is 0. The predicted molar refractivity (Wildman–Crippen MR) is 62.8 cm³/mol. The third-order valence-corrected chi connectivity index (χ3v) is 2.67. The fourth-order valence-corrected chi connectivity index (χ4v) is 1.85. The number of hydrogen-bond acceptors (Lipinski definition) is 2. The molecule has 5 nitrogen and oxygen atoms in total. The molecule has 1 aromatic carbocycles. The molecule has 84 valence electrons. The Hall–Kier alpha value is -2.56. The third kappa shape index (κ3) is 1.48. The van der Waals surface area contributed by atoms with Crippen molar-refractivity contribution in [2.75, 3.05) is 0 Å². The lowest BCUT2D eigenvalue weighted by Gasteiger charge is -1.92. The van der Waals surface area contributed by atoms with E-state index in [0.717, 1.165) is 16.5 Å². The van der Waals surface area contributed by atoms with Crippen LogP contribution in [0.4, 0.5) is 0 Å². The van der Waals surface area contributed by atoms with Gasteiger partial charge in [-0.3, -0.25) is 5.10 Å². The van der Waals surface area contributed by atoms with Gasteiger partial charge in [0.15, 0.2) is 0 Å². The molecule has 0 aliphatic carbocycles. The quantitative estimate of drug-likeness (QED) is 0.628. The number of para-hydroxylation sites is 1. The van der Waals surface area contributed by atoms with E-state index in [4.69, 9.17) is 5.11 Å². The van der Waals surface area contributed by atoms with Crippen LogP contribution in [0.1, 0.15) is 10.5 Å². The smallest absolute Gasteiger partial charge is 0.353 e. The monoisotopic (exact) mass is 227 g/mol. The molecule has 0 saturated carbocycles. The molecule has 3 N–H and O–H groups in total. The summed E-state index contributed by atoms with van der Waals surface area (Å²) in [6.07, 6.45) is 1.83. The zero-order valence-corrected chi connectivity index (χ0v) is 8.77. The molecule has 2 heterocycles. The van der Waals surface area contributed by atoms with Crippen molar-refractivity contribution in [3.05, 3.63) is 42.2 Å². The number of carboxylic acid groups (broad SMARTS) is 1. The second kappa shape index (κ2) is 3.48. The maximum absolute atomic E-state index is 10.8. The highest BCUT2D eigenvalue weighted by Crippen LogP contribution is 2.27. The van der Waals surface area contributed by atoms with Crippen molar-refractivity contribution in [2.24, 2.45) is 0 Å². The number of carboxylic acids is 1. The van der Waals surface area contributed by atoms with Crippen molar-refractivity contribution in [3.8, 4) is 11.3 Å². The van der Waals surface area contributed by atoms with Crippen molar-refractivity contribution in [3.63, 3.8) is 0 Å². The van der Waals surface area contributed by atoms with Crippen LogP contribution in [0.2, 0.25) is 0 Å². The zero-order chi connectivity index (χ0) is 11.8. The van der Waals surface area contributed by atoms with Gasteiger partial charge in [-0.25, -0.2) is 4.79 Å². The lowest BCUT2D eigenvalue weighted by atomic mass is 10.1. The average Bonchev–Trinajstić information content (AvgIpc) is 2.95. The molecular formula is C12H9N3O2. The number of carbonyl (C=O) groups is 1. The molecule has 0 saturated heterocycles. The minimum absolute atomic E-state index is 0.0882. The van der Waals surface area contributed by atoms with Crippen LogP contribution in [0.3, 0.4) is 0 Å². The van der Waals surface area contributed by atoms with E-state index >= 15 is 0 Å². The summed E-state index contributed by atoms with van der Waals surface area (Å²) in [6, 6.07) is 9.33. The Balaban J connectivity index is 2.17. The van der Waals surface area contributed by atoms with Crippen molar-refractivity contribution in [1.29, 1.82) is 0 Å². The van der Waals surface area contributed by atoms with Crippen LogP contribution in [-0.4, -0.2) is 26.3 Å². The number of aromatic carboxylic acids is 1. The molecule has 2 aromatic heterocycles. The maximum atomic E-state index is 10.8. The number of hydrogen-bond donors (Lipinski definition) is 3. The second-order valence-corrected chi connectivity index (χ2v) is 3.72. The number of fused-ring (bicyclic) bond motifs is 1. The number of aromatic amines is 2. The fourth-order valence-electron chi connectivity index (χ4n) is 1.85. The van der Waals surface area contributed by atoms with E-state index in [1.54, 1.807) is 0 Å². The first-order valence-electron chi connectivity index (χ1n) is 5.11. The van der Waals surface area contributed by atoms with E-state index in [2.05, 4.69) is 15.2 Å². The highest BCUT2D eigenvalue weighted by atomic mass is 16.4. The van der Waals surface area contributed by atoms with Gasteiger partial charge in [0.1, 0.15) is 5.69 Å². The standard InChI is InChI=1S/C12H9N3O2/c16-12(17)11-5-10(14-15-11)8-6-13-9-4-2-1-3-7(8)9/h1-6,13H,(H,14,15)(H,16,17). The van der Waals surface area contributed by atoms with Crippen LogP contribution in [0.15, 0.2) is 36.5 Å². The van der Waals surface area contributed by atoms with Crippen LogP contribution in [-0.2, 0) is 0 Å². The maximum Gasteiger partial charge on any atom is 0.353 e. The normalized spacial score (nSPS) is 10.8. The summed E-state index contributed by atoms with van der Waals surface area (Å²) in [5.74, 6) is -1.01. The number of aromatic nitrogens is 3. The third-order valence-electron chi connectivity index (χ3n) is 2.67. The zero-order valence-electron chi connectivity index (χ0n) is 8.77. The Labute approximate surface area is 96.1 Å². The molecular weight excluding hydrogens is 218 g/mol. The minimum Gasteiger partial charge on any atom is -0.477 e. The van der Waals surface area contributed by atoms with Crippen LogP contribution >= 0.6 is 0 Å². The summed E-state index contributed by atoms with van der Waals surface area (Å²) in [5.41, 5.74) is 2.61. The highest BCUT2D eigenvalue weighted by Gasteiger charge is 2.12. The van der Waals surface area contributed by atoms with Gasteiger partial charge < -0.3 is 10.1 Å². The van der Waals surface area contributed by atoms with Gasteiger partial charge in [0, 0.05) is 22.7 Å². The van der Waals surface area contributed by atoms with Crippen LogP contribution in [0.25, 0.3) is 22.2 Å². The molecule has 0 fully saturated rings. The van der Waals surface area contributed by atoms with Gasteiger partial charge in [-0.05, 0) is 12.1 Å². The van der Waals surface area contributed by atoms with Crippen molar-refractivity contribution in [1.82, 2.24) is 15.2 Å². The van der Waals surface area contributed by atoms with Gasteiger partial charge in [0.05, 0.1) is 5.69 Å². The van der Waals surface area contributed by atoms with Crippen LogP contribution < -0.4 is 0 Å². The lowest BCUT2D eigenvalue weighted by Crippen LogP contribution is -1.95. The Morgan fingerprint density at radius 3 is 2.88 bits per heavy atom. The van der Waals surface area contributed by atoms with Gasteiger partial charge in [-0.2, -0.15) is 5.10 Å². The van der Waals surface area contributed by atoms with E-state index in [9.17, 15) is 4.79 Å². The van der Waals surface area contributed by atoms with Gasteiger partial charge in [-0.1, -0.05) is 18.2 Å². The second-order valence-electron chi connectivity index (χ2n) is 3.72. The summed E-state index contributed by atoms with van der Waals surface area (Å²) in [6.45, 7) is 0. The molecule has 0 radical (unpaired) electrons. The average molecular weight is 227 g/mol. The Bertz CT molecular complexity index is 696. The molecule has 0 bridgehead atoms. The largest absolute Gasteiger partial charge is 0.477 e. The number of nitrogens with one attached hydrogen (secondary N) is 2. The van der Waals surface area contributed by atoms with E-state index < -0.39 is 5.97 Å². The number of rotatable bonds is 2. The summed E-state index contributed by atoms with van der Waals surface area (Å²) in [5, 5.41) is 16.4. The van der Waals surface area contributed by atoms with Crippen LogP contribution in [0, 0.1) is 0 Å². The van der Waals surface area contributed by atoms with Gasteiger partial charge >= 0.3 is 5.97 Å². The Morgan fingerprint density at radius 2 is 2.12 bits per heavy atom.